The van der Waals surface area contributed by atoms with Crippen LogP contribution < -0.4 is 10.0 Å². The topological polar surface area (TPSA) is 145 Å². The molecule has 0 heterocycles. The van der Waals surface area contributed by atoms with Crippen LogP contribution in [0.3, 0.4) is 0 Å². The van der Waals surface area contributed by atoms with E-state index in [-0.39, 0.29) is 17.3 Å². The number of rotatable bonds is 7. The monoisotopic (exact) mass is 461 g/mol. The molecule has 2 aromatic carbocycles. The van der Waals surface area contributed by atoms with Gasteiger partial charge in [-0.15, -0.1) is 0 Å². The summed E-state index contributed by atoms with van der Waals surface area (Å²) in [6, 6.07) is 6.69. The number of halogens is 3. The second-order valence-electron chi connectivity index (χ2n) is 6.07. The van der Waals surface area contributed by atoms with Gasteiger partial charge in [-0.3, -0.25) is 19.6 Å². The van der Waals surface area contributed by atoms with Crippen molar-refractivity contribution < 1.29 is 40.8 Å². The van der Waals surface area contributed by atoms with Crippen LogP contribution >= 0.6 is 0 Å². The Labute approximate surface area is 173 Å². The van der Waals surface area contributed by atoms with Crippen LogP contribution in [0.2, 0.25) is 0 Å². The van der Waals surface area contributed by atoms with E-state index in [4.69, 9.17) is 4.74 Å². The van der Waals surface area contributed by atoms with Gasteiger partial charge in [-0.05, 0) is 30.3 Å². The number of nitrogens with one attached hydrogen (secondary N) is 2. The van der Waals surface area contributed by atoms with Gasteiger partial charge in [0.25, 0.3) is 11.6 Å². The van der Waals surface area contributed by atoms with Crippen molar-refractivity contribution in [3.63, 3.8) is 0 Å². The average molecular weight is 461 g/mol. The van der Waals surface area contributed by atoms with Gasteiger partial charge in [-0.25, -0.2) is 13.2 Å². The maximum Gasteiger partial charge on any atom is 0.416 e. The molecule has 10 nitrogen and oxygen atoms in total. The van der Waals surface area contributed by atoms with E-state index in [2.05, 4.69) is 4.72 Å². The predicted molar refractivity (Wildman–Crippen MR) is 102 cm³/mol. The number of amides is 1. The van der Waals surface area contributed by atoms with E-state index in [0.717, 1.165) is 12.3 Å². The summed E-state index contributed by atoms with van der Waals surface area (Å²) < 4.78 is 67.5. The molecule has 0 bridgehead atoms. The maximum absolute atomic E-state index is 12.7. The number of esters is 1. The number of nitrogens with zero attached hydrogens (tertiary/aromatic N) is 1. The van der Waals surface area contributed by atoms with Crippen LogP contribution in [0.5, 0.6) is 0 Å². The number of carbonyl (C=O) groups excluding carboxylic acids is 2. The van der Waals surface area contributed by atoms with Gasteiger partial charge in [0.2, 0.25) is 10.0 Å². The highest BCUT2D eigenvalue weighted by Crippen LogP contribution is 2.34. The van der Waals surface area contributed by atoms with Crippen LogP contribution in [-0.4, -0.2) is 38.1 Å². The molecule has 0 aliphatic carbocycles. The standard InChI is InChI=1S/C17H14F3N3O7S/c1-31(28,29)22-12-4-2-3-10(7-12)16(25)30-9-15(24)21-13-6-5-11(17(18,19)20)8-14(13)23(26)27/h2-8,22H,9H2,1H3,(H,21,24). The quantitative estimate of drug-likeness (QED) is 0.366. The summed E-state index contributed by atoms with van der Waals surface area (Å²) in [7, 11) is -3.60. The summed E-state index contributed by atoms with van der Waals surface area (Å²) in [5.74, 6) is -2.05. The summed E-state index contributed by atoms with van der Waals surface area (Å²) in [4.78, 5) is 33.9. The molecular formula is C17H14F3N3O7S. The molecule has 0 saturated heterocycles. The first-order valence-electron chi connectivity index (χ1n) is 8.17. The largest absolute Gasteiger partial charge is 0.452 e. The van der Waals surface area contributed by atoms with E-state index in [0.29, 0.717) is 12.1 Å². The van der Waals surface area contributed by atoms with Crippen molar-refractivity contribution >= 4 is 39.0 Å². The van der Waals surface area contributed by atoms with Crippen molar-refractivity contribution in [3.05, 3.63) is 63.7 Å². The molecule has 14 heteroatoms. The van der Waals surface area contributed by atoms with Crippen LogP contribution in [0.25, 0.3) is 0 Å². The molecule has 0 fully saturated rings. The van der Waals surface area contributed by atoms with Crippen molar-refractivity contribution in [3.8, 4) is 0 Å². The second-order valence-corrected chi connectivity index (χ2v) is 7.81. The third-order valence-corrected chi connectivity index (χ3v) is 4.14. The molecule has 0 unspecified atom stereocenters. The van der Waals surface area contributed by atoms with Gasteiger partial charge < -0.3 is 10.1 Å². The first-order valence-corrected chi connectivity index (χ1v) is 10.1. The molecule has 0 atom stereocenters. The molecular weight excluding hydrogens is 447 g/mol. The SMILES string of the molecule is CS(=O)(=O)Nc1cccc(C(=O)OCC(=O)Nc2ccc(C(F)(F)F)cc2[N+](=O)[O-])c1. The lowest BCUT2D eigenvalue weighted by Crippen LogP contribution is -2.21. The van der Waals surface area contributed by atoms with Crippen molar-refractivity contribution in [2.24, 2.45) is 0 Å². The van der Waals surface area contributed by atoms with Gasteiger partial charge in [0, 0.05) is 11.8 Å². The van der Waals surface area contributed by atoms with Gasteiger partial charge in [-0.1, -0.05) is 6.07 Å². The van der Waals surface area contributed by atoms with Crippen LogP contribution in [0.1, 0.15) is 15.9 Å². The van der Waals surface area contributed by atoms with Gasteiger partial charge in [0.1, 0.15) is 5.69 Å². The number of anilines is 2. The molecule has 2 aromatic rings. The Morgan fingerprint density at radius 1 is 1.16 bits per heavy atom. The average Bonchev–Trinajstić information content (AvgIpc) is 2.64. The number of benzene rings is 2. The van der Waals surface area contributed by atoms with E-state index < -0.39 is 56.5 Å². The van der Waals surface area contributed by atoms with E-state index in [1.165, 1.54) is 18.2 Å². The van der Waals surface area contributed by atoms with Crippen molar-refractivity contribution in [2.45, 2.75) is 6.18 Å². The van der Waals surface area contributed by atoms with Crippen LogP contribution in [0.4, 0.5) is 30.2 Å². The van der Waals surface area contributed by atoms with Gasteiger partial charge in [0.05, 0.1) is 22.3 Å². The second kappa shape index (κ2) is 8.99. The van der Waals surface area contributed by atoms with Crippen molar-refractivity contribution in [2.75, 3.05) is 22.9 Å². The van der Waals surface area contributed by atoms with Gasteiger partial charge >= 0.3 is 12.1 Å². The molecule has 1 amide bonds. The molecule has 0 aromatic heterocycles. The molecule has 2 rings (SSSR count). The third kappa shape index (κ3) is 6.95. The smallest absolute Gasteiger partial charge is 0.416 e. The number of nitro benzene ring substituents is 1. The molecule has 0 aliphatic heterocycles. The highest BCUT2D eigenvalue weighted by atomic mass is 32.2. The fourth-order valence-electron chi connectivity index (χ4n) is 2.29. The number of hydrogen-bond acceptors (Lipinski definition) is 7. The predicted octanol–water partition coefficient (Wildman–Crippen LogP) is 2.78. The highest BCUT2D eigenvalue weighted by molar-refractivity contribution is 7.92. The van der Waals surface area contributed by atoms with E-state index in [1.807, 2.05) is 5.32 Å². The van der Waals surface area contributed by atoms with Crippen LogP contribution in [0, 0.1) is 10.1 Å². The third-order valence-electron chi connectivity index (χ3n) is 3.53. The Morgan fingerprint density at radius 3 is 2.42 bits per heavy atom. The lowest BCUT2D eigenvalue weighted by molar-refractivity contribution is -0.384. The molecule has 0 radical (unpaired) electrons. The van der Waals surface area contributed by atoms with Crippen LogP contribution in [0.15, 0.2) is 42.5 Å². The number of carbonyl (C=O) groups is 2. The van der Waals surface area contributed by atoms with Crippen LogP contribution in [-0.2, 0) is 25.7 Å². The van der Waals surface area contributed by atoms with Crippen molar-refractivity contribution in [1.82, 2.24) is 0 Å². The lowest BCUT2D eigenvalue weighted by atomic mass is 10.1. The number of nitro groups is 1. The summed E-state index contributed by atoms with van der Waals surface area (Å²) in [6.07, 6.45) is -3.91. The molecule has 0 saturated carbocycles. The minimum absolute atomic E-state index is 0.0711. The first-order chi connectivity index (χ1) is 14.3. The fraction of sp³-hybridized carbons (Fsp3) is 0.176. The zero-order chi connectivity index (χ0) is 23.4. The van der Waals surface area contributed by atoms with E-state index >= 15 is 0 Å². The summed E-state index contributed by atoms with van der Waals surface area (Å²) in [5, 5.41) is 13.0. The molecule has 166 valence electrons. The number of alkyl halides is 3. The Morgan fingerprint density at radius 2 is 1.84 bits per heavy atom. The number of ether oxygens (including phenoxy) is 1. The molecule has 0 spiro atoms. The zero-order valence-electron chi connectivity index (χ0n) is 15.6. The highest BCUT2D eigenvalue weighted by Gasteiger charge is 2.33. The number of hydrogen-bond donors (Lipinski definition) is 2. The van der Waals surface area contributed by atoms with E-state index in [9.17, 15) is 41.3 Å². The summed E-state index contributed by atoms with van der Waals surface area (Å²) in [5.41, 5.74) is -2.80. The Bertz CT molecular complexity index is 1130. The van der Waals surface area contributed by atoms with Crippen molar-refractivity contribution in [1.29, 1.82) is 0 Å². The Balaban J connectivity index is 2.06. The lowest BCUT2D eigenvalue weighted by Gasteiger charge is -2.10. The Hall–Kier alpha value is -3.68. The number of sulfonamides is 1. The zero-order valence-corrected chi connectivity index (χ0v) is 16.4. The normalized spacial score (nSPS) is 11.5. The fourth-order valence-corrected chi connectivity index (χ4v) is 2.84. The summed E-state index contributed by atoms with van der Waals surface area (Å²) in [6.45, 7) is -0.902. The van der Waals surface area contributed by atoms with Gasteiger partial charge in [0.15, 0.2) is 6.61 Å². The summed E-state index contributed by atoms with van der Waals surface area (Å²) >= 11 is 0. The maximum atomic E-state index is 12.7. The first kappa shape index (κ1) is 23.6. The minimum atomic E-state index is -4.82. The molecule has 31 heavy (non-hydrogen) atoms. The molecule has 0 aliphatic rings. The van der Waals surface area contributed by atoms with Gasteiger partial charge in [-0.2, -0.15) is 13.2 Å². The van der Waals surface area contributed by atoms with E-state index in [1.54, 1.807) is 0 Å². The molecule has 2 N–H and O–H groups in total. The Kier molecular flexibility index (Phi) is 6.84. The minimum Gasteiger partial charge on any atom is -0.452 e.